The van der Waals surface area contributed by atoms with Gasteiger partial charge in [-0.05, 0) is 33.9 Å². The van der Waals surface area contributed by atoms with E-state index in [-0.39, 0.29) is 0 Å². The van der Waals surface area contributed by atoms with Gasteiger partial charge in [0, 0.05) is 37.8 Å². The molecule has 2 aliphatic heterocycles. The van der Waals surface area contributed by atoms with Gasteiger partial charge in [0.15, 0.2) is 0 Å². The van der Waals surface area contributed by atoms with Gasteiger partial charge >= 0.3 is 0 Å². The number of rotatable bonds is 1. The zero-order valence-electron chi connectivity index (χ0n) is 9.66. The maximum absolute atomic E-state index is 3.59. The number of nitrogens with one attached hydrogen (secondary N) is 1. The monoisotopic (exact) mass is 197 g/mol. The van der Waals surface area contributed by atoms with Crippen molar-refractivity contribution >= 4 is 0 Å². The van der Waals surface area contributed by atoms with Crippen LogP contribution in [0.5, 0.6) is 0 Å². The van der Waals surface area contributed by atoms with Crippen LogP contribution in [0.2, 0.25) is 0 Å². The van der Waals surface area contributed by atoms with E-state index in [0.717, 1.165) is 6.04 Å². The summed E-state index contributed by atoms with van der Waals surface area (Å²) >= 11 is 0. The van der Waals surface area contributed by atoms with Gasteiger partial charge in [-0.1, -0.05) is 0 Å². The molecule has 0 aliphatic carbocycles. The van der Waals surface area contributed by atoms with E-state index in [9.17, 15) is 0 Å². The third-order valence-electron chi connectivity index (χ3n) is 3.47. The van der Waals surface area contributed by atoms with Gasteiger partial charge in [0.2, 0.25) is 0 Å². The fourth-order valence-corrected chi connectivity index (χ4v) is 2.88. The molecule has 2 rings (SSSR count). The molecule has 14 heavy (non-hydrogen) atoms. The quantitative estimate of drug-likeness (QED) is 0.655. The summed E-state index contributed by atoms with van der Waals surface area (Å²) in [5, 5.41) is 3.59. The Kier molecular flexibility index (Phi) is 3.10. The lowest BCUT2D eigenvalue weighted by atomic mass is 10.1. The summed E-state index contributed by atoms with van der Waals surface area (Å²) < 4.78 is 0. The Morgan fingerprint density at radius 1 is 1.07 bits per heavy atom. The molecule has 2 aliphatic rings. The van der Waals surface area contributed by atoms with Gasteiger partial charge in [-0.25, -0.2) is 0 Å². The largest absolute Gasteiger partial charge is 0.309 e. The number of likely N-dealkylation sites (tertiary alicyclic amines) is 1. The van der Waals surface area contributed by atoms with Crippen LogP contribution in [0.4, 0.5) is 0 Å². The van der Waals surface area contributed by atoms with E-state index in [2.05, 4.69) is 36.0 Å². The highest BCUT2D eigenvalue weighted by Gasteiger charge is 2.30. The molecule has 0 radical (unpaired) electrons. The van der Waals surface area contributed by atoms with Crippen LogP contribution < -0.4 is 5.32 Å². The smallest absolute Gasteiger partial charge is 0.0236 e. The molecule has 0 saturated carbocycles. The van der Waals surface area contributed by atoms with Crippen molar-refractivity contribution in [3.63, 3.8) is 0 Å². The molecule has 0 aromatic heterocycles. The number of piperazine rings is 1. The van der Waals surface area contributed by atoms with Crippen molar-refractivity contribution in [2.24, 2.45) is 0 Å². The molecule has 0 aromatic carbocycles. The molecule has 2 saturated heterocycles. The summed E-state index contributed by atoms with van der Waals surface area (Å²) in [5.41, 5.74) is 0. The topological polar surface area (TPSA) is 18.5 Å². The van der Waals surface area contributed by atoms with E-state index in [0.29, 0.717) is 12.1 Å². The van der Waals surface area contributed by atoms with E-state index >= 15 is 0 Å². The summed E-state index contributed by atoms with van der Waals surface area (Å²) in [4.78, 5) is 5.12. The van der Waals surface area contributed by atoms with Crippen LogP contribution in [-0.4, -0.2) is 61.2 Å². The average molecular weight is 197 g/mol. The first kappa shape index (κ1) is 10.4. The fraction of sp³-hybridized carbons (Fsp3) is 1.00. The predicted molar refractivity (Wildman–Crippen MR) is 59.5 cm³/mol. The zero-order valence-corrected chi connectivity index (χ0v) is 9.66. The van der Waals surface area contributed by atoms with Gasteiger partial charge < -0.3 is 10.2 Å². The van der Waals surface area contributed by atoms with E-state index < -0.39 is 0 Å². The van der Waals surface area contributed by atoms with Crippen molar-refractivity contribution < 1.29 is 0 Å². The highest BCUT2D eigenvalue weighted by molar-refractivity contribution is 4.89. The summed E-state index contributed by atoms with van der Waals surface area (Å²) in [7, 11) is 2.23. The molecule has 1 N–H and O–H groups in total. The third-order valence-corrected chi connectivity index (χ3v) is 3.47. The second kappa shape index (κ2) is 4.17. The van der Waals surface area contributed by atoms with Crippen LogP contribution in [0.1, 0.15) is 20.3 Å². The van der Waals surface area contributed by atoms with Crippen LogP contribution in [0, 0.1) is 0 Å². The molecule has 0 bridgehead atoms. The Labute approximate surface area is 87.4 Å². The minimum Gasteiger partial charge on any atom is -0.309 e. The van der Waals surface area contributed by atoms with Crippen LogP contribution in [0.15, 0.2) is 0 Å². The first-order valence-electron chi connectivity index (χ1n) is 5.84. The lowest BCUT2D eigenvalue weighted by Gasteiger charge is -2.39. The highest BCUT2D eigenvalue weighted by Crippen LogP contribution is 2.17. The van der Waals surface area contributed by atoms with Crippen molar-refractivity contribution in [1.82, 2.24) is 15.1 Å². The molecule has 3 nitrogen and oxygen atoms in total. The molecule has 2 heterocycles. The predicted octanol–water partition coefficient (Wildman–Crippen LogP) is 0.373. The molecule has 2 fully saturated rings. The van der Waals surface area contributed by atoms with Crippen molar-refractivity contribution in [1.29, 1.82) is 0 Å². The Morgan fingerprint density at radius 2 is 1.71 bits per heavy atom. The molecule has 0 amide bonds. The molecule has 82 valence electrons. The standard InChI is InChI=1S/C11H23N3/c1-9-6-14(7-10(2)12-9)11-4-5-13(3)8-11/h9-12H,4-8H2,1-3H3/t9-,10+,11?. The maximum atomic E-state index is 3.59. The molecular formula is C11H23N3. The van der Waals surface area contributed by atoms with Gasteiger partial charge in [-0.15, -0.1) is 0 Å². The Balaban J connectivity index is 1.90. The molecule has 3 atom stereocenters. The van der Waals surface area contributed by atoms with Crippen LogP contribution in [0.3, 0.4) is 0 Å². The SMILES string of the molecule is C[C@@H]1CN(C2CCN(C)C2)C[C@H](C)N1. The highest BCUT2D eigenvalue weighted by atomic mass is 15.3. The van der Waals surface area contributed by atoms with Gasteiger partial charge in [0.25, 0.3) is 0 Å². The summed E-state index contributed by atoms with van der Waals surface area (Å²) in [5.74, 6) is 0. The van der Waals surface area contributed by atoms with E-state index in [1.807, 2.05) is 0 Å². The van der Waals surface area contributed by atoms with Gasteiger partial charge in [-0.3, -0.25) is 4.90 Å². The third kappa shape index (κ3) is 2.27. The van der Waals surface area contributed by atoms with Crippen LogP contribution in [0.25, 0.3) is 0 Å². The van der Waals surface area contributed by atoms with Crippen molar-refractivity contribution in [2.45, 2.75) is 38.4 Å². The Bertz CT molecular complexity index is 185. The van der Waals surface area contributed by atoms with Crippen molar-refractivity contribution in [3.8, 4) is 0 Å². The minimum atomic E-state index is 0.657. The number of hydrogen-bond donors (Lipinski definition) is 1. The molecular weight excluding hydrogens is 174 g/mol. The molecule has 1 unspecified atom stereocenters. The Hall–Kier alpha value is -0.120. The molecule has 3 heteroatoms. The van der Waals surface area contributed by atoms with E-state index in [4.69, 9.17) is 0 Å². The number of hydrogen-bond acceptors (Lipinski definition) is 3. The summed E-state index contributed by atoms with van der Waals surface area (Å²) in [6.07, 6.45) is 1.36. The molecule has 0 aromatic rings. The van der Waals surface area contributed by atoms with Gasteiger partial charge in [-0.2, -0.15) is 0 Å². The minimum absolute atomic E-state index is 0.657. The first-order chi connectivity index (χ1) is 6.65. The number of likely N-dealkylation sites (N-methyl/N-ethyl adjacent to an activating group) is 1. The zero-order chi connectivity index (χ0) is 10.1. The second-order valence-corrected chi connectivity index (χ2v) is 5.13. The summed E-state index contributed by atoms with van der Waals surface area (Å²) in [6, 6.07) is 2.13. The van der Waals surface area contributed by atoms with Gasteiger partial charge in [0.1, 0.15) is 0 Å². The van der Waals surface area contributed by atoms with E-state index in [1.165, 1.54) is 32.6 Å². The Morgan fingerprint density at radius 3 is 2.21 bits per heavy atom. The van der Waals surface area contributed by atoms with Gasteiger partial charge in [0.05, 0.1) is 0 Å². The van der Waals surface area contributed by atoms with Crippen molar-refractivity contribution in [3.05, 3.63) is 0 Å². The second-order valence-electron chi connectivity index (χ2n) is 5.13. The first-order valence-corrected chi connectivity index (χ1v) is 5.84. The van der Waals surface area contributed by atoms with E-state index in [1.54, 1.807) is 0 Å². The van der Waals surface area contributed by atoms with Crippen LogP contribution in [-0.2, 0) is 0 Å². The summed E-state index contributed by atoms with van der Waals surface area (Å²) in [6.45, 7) is 9.57. The number of nitrogens with zero attached hydrogens (tertiary/aromatic N) is 2. The lowest BCUT2D eigenvalue weighted by molar-refractivity contribution is 0.126. The van der Waals surface area contributed by atoms with Crippen LogP contribution >= 0.6 is 0 Å². The normalized spacial score (nSPS) is 41.8. The fourth-order valence-electron chi connectivity index (χ4n) is 2.88. The lowest BCUT2D eigenvalue weighted by Crippen LogP contribution is -2.57. The molecule has 0 spiro atoms. The average Bonchev–Trinajstić information content (AvgIpc) is 2.50. The maximum Gasteiger partial charge on any atom is 0.0236 e. The van der Waals surface area contributed by atoms with Crippen molar-refractivity contribution in [2.75, 3.05) is 33.2 Å².